The van der Waals surface area contributed by atoms with Crippen LogP contribution < -0.4 is 15.0 Å². The number of H-pyrrole nitrogens is 1. The fourth-order valence-electron chi connectivity index (χ4n) is 4.14. The number of nitrogens with one attached hydrogen (secondary N) is 1. The molecule has 10 heteroatoms. The minimum atomic E-state index is -4.49. The van der Waals surface area contributed by atoms with Crippen LogP contribution in [0.1, 0.15) is 12.6 Å². The minimum absolute atomic E-state index is 0.00820. The van der Waals surface area contributed by atoms with Crippen molar-refractivity contribution < 1.29 is 32.1 Å². The van der Waals surface area contributed by atoms with Gasteiger partial charge < -0.3 is 24.3 Å². The zero-order valence-electron chi connectivity index (χ0n) is 20.9. The number of hydrogen-bond acceptors (Lipinski definition) is 7. The van der Waals surface area contributed by atoms with Gasteiger partial charge in [-0.05, 0) is 54.4 Å². The first-order valence-electron chi connectivity index (χ1n) is 11.6. The van der Waals surface area contributed by atoms with Crippen molar-refractivity contribution in [3.05, 3.63) is 88.6 Å². The molecule has 2 N–H and O–H groups in total. The highest BCUT2D eigenvalue weighted by atomic mass is 32.2. The number of benzene rings is 3. The van der Waals surface area contributed by atoms with Gasteiger partial charge in [0.15, 0.2) is 4.90 Å². The van der Waals surface area contributed by atoms with Crippen LogP contribution in [0.25, 0.3) is 22.3 Å². The van der Waals surface area contributed by atoms with Crippen LogP contribution in [0.2, 0.25) is 0 Å². The van der Waals surface area contributed by atoms with E-state index in [0.29, 0.717) is 17.7 Å². The molecule has 0 radical (unpaired) electrons. The molecule has 0 saturated carbocycles. The summed E-state index contributed by atoms with van der Waals surface area (Å²) in [5.41, 5.74) is 0.744. The molecular formula is C28H26FNO7S. The van der Waals surface area contributed by atoms with E-state index in [-0.39, 0.29) is 39.8 Å². The second kappa shape index (κ2) is 11.1. The van der Waals surface area contributed by atoms with Crippen LogP contribution in [0.15, 0.2) is 81.3 Å². The second-order valence-electron chi connectivity index (χ2n) is 8.19. The Kier molecular flexibility index (Phi) is 7.84. The molecule has 0 amide bonds. The molecule has 1 aromatic heterocycles. The number of hydrogen-bond donors (Lipinski definition) is 2. The van der Waals surface area contributed by atoms with E-state index in [9.17, 15) is 22.7 Å². The number of halogens is 1. The van der Waals surface area contributed by atoms with Crippen LogP contribution >= 0.6 is 0 Å². The standard InChI is InChI=1S/C28H26FNO7S/c1-4-37-16-21-24(25-22(35-2)6-5-7-23(25)36-3)26(31)27(28(32)30-21)38(33,34)20-14-10-18(11-15-20)17-8-12-19(29)13-9-17/h5-15H,4,16H2,1-3H3,(H2,30,31,32). The van der Waals surface area contributed by atoms with Crippen LogP contribution in [0.4, 0.5) is 4.39 Å². The highest BCUT2D eigenvalue weighted by Crippen LogP contribution is 2.46. The van der Waals surface area contributed by atoms with Crippen LogP contribution in [0, 0.1) is 5.82 Å². The summed E-state index contributed by atoms with van der Waals surface area (Å²) in [7, 11) is -1.65. The van der Waals surface area contributed by atoms with Gasteiger partial charge in [-0.2, -0.15) is 0 Å². The number of rotatable bonds is 9. The molecule has 38 heavy (non-hydrogen) atoms. The van der Waals surface area contributed by atoms with E-state index < -0.39 is 31.9 Å². The maximum Gasteiger partial charge on any atom is 0.271 e. The first-order chi connectivity index (χ1) is 18.2. The molecule has 198 valence electrons. The Labute approximate surface area is 219 Å². The Hall–Kier alpha value is -4.15. The Morgan fingerprint density at radius 3 is 1.95 bits per heavy atom. The Morgan fingerprint density at radius 1 is 0.868 bits per heavy atom. The number of aromatic amines is 1. The predicted molar refractivity (Wildman–Crippen MR) is 140 cm³/mol. The molecule has 0 aliphatic rings. The van der Waals surface area contributed by atoms with E-state index in [1.54, 1.807) is 49.4 Å². The lowest BCUT2D eigenvalue weighted by Gasteiger charge is -2.19. The van der Waals surface area contributed by atoms with Gasteiger partial charge in [0.25, 0.3) is 5.56 Å². The smallest absolute Gasteiger partial charge is 0.271 e. The zero-order valence-corrected chi connectivity index (χ0v) is 21.8. The van der Waals surface area contributed by atoms with E-state index in [1.807, 2.05) is 0 Å². The monoisotopic (exact) mass is 539 g/mol. The molecule has 0 unspecified atom stereocenters. The lowest BCUT2D eigenvalue weighted by Crippen LogP contribution is -2.21. The number of aromatic nitrogens is 1. The van der Waals surface area contributed by atoms with Crippen molar-refractivity contribution in [3.8, 4) is 39.5 Å². The topological polar surface area (TPSA) is 115 Å². The summed E-state index contributed by atoms with van der Waals surface area (Å²) in [6.07, 6.45) is 0. The van der Waals surface area contributed by atoms with Gasteiger partial charge >= 0.3 is 0 Å². The van der Waals surface area contributed by atoms with Crippen molar-refractivity contribution in [1.82, 2.24) is 4.98 Å². The fourth-order valence-corrected chi connectivity index (χ4v) is 5.52. The minimum Gasteiger partial charge on any atom is -0.506 e. The van der Waals surface area contributed by atoms with E-state index in [1.165, 1.54) is 38.5 Å². The molecular weight excluding hydrogens is 513 g/mol. The van der Waals surface area contributed by atoms with Crippen molar-refractivity contribution in [3.63, 3.8) is 0 Å². The molecule has 0 spiro atoms. The zero-order chi connectivity index (χ0) is 27.4. The third-order valence-electron chi connectivity index (χ3n) is 5.96. The Balaban J connectivity index is 1.92. The quantitative estimate of drug-likeness (QED) is 0.310. The predicted octanol–water partition coefficient (Wildman–Crippen LogP) is 4.94. The first kappa shape index (κ1) is 26.9. The summed E-state index contributed by atoms with van der Waals surface area (Å²) < 4.78 is 57.0. The molecule has 0 bridgehead atoms. The van der Waals surface area contributed by atoms with Gasteiger partial charge in [0.1, 0.15) is 23.1 Å². The van der Waals surface area contributed by atoms with Crippen molar-refractivity contribution >= 4 is 9.84 Å². The van der Waals surface area contributed by atoms with Crippen molar-refractivity contribution in [1.29, 1.82) is 0 Å². The lowest BCUT2D eigenvalue weighted by atomic mass is 10.0. The van der Waals surface area contributed by atoms with Crippen LogP contribution in [-0.4, -0.2) is 39.3 Å². The summed E-state index contributed by atoms with van der Waals surface area (Å²) in [5.74, 6) is -0.570. The fraction of sp³-hybridized carbons (Fsp3) is 0.179. The summed E-state index contributed by atoms with van der Waals surface area (Å²) in [6, 6.07) is 16.4. The third kappa shape index (κ3) is 5.00. The van der Waals surface area contributed by atoms with E-state index >= 15 is 0 Å². The molecule has 0 atom stereocenters. The van der Waals surface area contributed by atoms with Crippen LogP contribution in [0.3, 0.4) is 0 Å². The number of ether oxygens (including phenoxy) is 3. The molecule has 4 rings (SSSR count). The van der Waals surface area contributed by atoms with Crippen molar-refractivity contribution in [2.75, 3.05) is 20.8 Å². The number of pyridine rings is 1. The molecule has 0 aliphatic carbocycles. The van der Waals surface area contributed by atoms with Crippen LogP contribution in [0.5, 0.6) is 17.2 Å². The molecule has 0 fully saturated rings. The van der Waals surface area contributed by atoms with Crippen LogP contribution in [-0.2, 0) is 21.2 Å². The van der Waals surface area contributed by atoms with Gasteiger partial charge in [0.05, 0.1) is 42.5 Å². The van der Waals surface area contributed by atoms with Crippen molar-refractivity contribution in [2.24, 2.45) is 0 Å². The third-order valence-corrected chi connectivity index (χ3v) is 7.77. The average Bonchev–Trinajstić information content (AvgIpc) is 2.91. The van der Waals surface area contributed by atoms with Gasteiger partial charge in [0, 0.05) is 6.61 Å². The number of aromatic hydroxyl groups is 1. The van der Waals surface area contributed by atoms with Gasteiger partial charge in [-0.3, -0.25) is 4.79 Å². The highest BCUT2D eigenvalue weighted by Gasteiger charge is 2.32. The van der Waals surface area contributed by atoms with E-state index in [2.05, 4.69) is 4.98 Å². The van der Waals surface area contributed by atoms with E-state index in [0.717, 1.165) is 0 Å². The number of sulfone groups is 1. The van der Waals surface area contributed by atoms with E-state index in [4.69, 9.17) is 14.2 Å². The normalized spacial score (nSPS) is 11.4. The number of methoxy groups -OCH3 is 2. The highest BCUT2D eigenvalue weighted by molar-refractivity contribution is 7.91. The summed E-state index contributed by atoms with van der Waals surface area (Å²) in [6.45, 7) is 1.96. The van der Waals surface area contributed by atoms with Gasteiger partial charge in [-0.25, -0.2) is 12.8 Å². The molecule has 0 aliphatic heterocycles. The largest absolute Gasteiger partial charge is 0.506 e. The van der Waals surface area contributed by atoms with Gasteiger partial charge in [-0.15, -0.1) is 0 Å². The molecule has 1 heterocycles. The second-order valence-corrected chi connectivity index (χ2v) is 10.1. The summed E-state index contributed by atoms with van der Waals surface area (Å²) >= 11 is 0. The Morgan fingerprint density at radius 2 is 1.42 bits per heavy atom. The summed E-state index contributed by atoms with van der Waals surface area (Å²) in [5, 5.41) is 11.4. The SMILES string of the molecule is CCOCc1[nH]c(=O)c(S(=O)(=O)c2ccc(-c3ccc(F)cc3)cc2)c(O)c1-c1c(OC)cccc1OC. The van der Waals surface area contributed by atoms with Crippen molar-refractivity contribution in [2.45, 2.75) is 23.3 Å². The lowest BCUT2D eigenvalue weighted by molar-refractivity contribution is 0.131. The Bertz CT molecular complexity index is 1590. The molecule has 8 nitrogen and oxygen atoms in total. The maximum absolute atomic E-state index is 13.7. The molecule has 4 aromatic rings. The molecule has 0 saturated heterocycles. The molecule has 3 aromatic carbocycles. The average molecular weight is 540 g/mol. The first-order valence-corrected chi connectivity index (χ1v) is 13.1. The van der Waals surface area contributed by atoms with Gasteiger partial charge in [-0.1, -0.05) is 30.3 Å². The maximum atomic E-state index is 13.7. The van der Waals surface area contributed by atoms with Gasteiger partial charge in [0.2, 0.25) is 9.84 Å². The summed E-state index contributed by atoms with van der Waals surface area (Å²) in [4.78, 5) is 14.6.